The van der Waals surface area contributed by atoms with Gasteiger partial charge in [0, 0.05) is 33.8 Å². The Morgan fingerprint density at radius 2 is 2.17 bits per heavy atom. The third-order valence-corrected chi connectivity index (χ3v) is 2.39. The maximum Gasteiger partial charge on any atom is 0.324 e. The quantitative estimate of drug-likeness (QED) is 0.229. The van der Waals surface area contributed by atoms with Gasteiger partial charge in [0.05, 0.1) is 13.2 Å². The van der Waals surface area contributed by atoms with Gasteiger partial charge in [-0.25, -0.2) is 4.79 Å². The Morgan fingerprint density at radius 3 is 2.72 bits per heavy atom. The molecule has 0 unspecified atom stereocenters. The van der Waals surface area contributed by atoms with Gasteiger partial charge in [-0.05, 0) is 0 Å². The highest BCUT2D eigenvalue weighted by atomic mass is 16.5. The fraction of sp³-hybridized carbons (Fsp3) is 0.700. The predicted molar refractivity (Wildman–Crippen MR) is 66.4 cm³/mol. The van der Waals surface area contributed by atoms with Crippen LogP contribution in [0, 0.1) is 0 Å². The average Bonchev–Trinajstić information content (AvgIpc) is 2.68. The highest BCUT2D eigenvalue weighted by Crippen LogP contribution is 1.96. The zero-order valence-electron chi connectivity index (χ0n) is 10.7. The standard InChI is InChI=1S/C10H19N5O3/c1-11-9(13-4-6-18-2)12-3-5-15-8(16)7-14-10(15)17/h3-7H2,1-2H3,(H,14,17)(H2,11,12,13). The molecule has 3 amide bonds. The van der Waals surface area contributed by atoms with Gasteiger partial charge in [0.15, 0.2) is 5.96 Å². The minimum absolute atomic E-state index is 0.0830. The molecule has 1 rings (SSSR count). The van der Waals surface area contributed by atoms with Crippen molar-refractivity contribution in [2.24, 2.45) is 4.99 Å². The van der Waals surface area contributed by atoms with Gasteiger partial charge < -0.3 is 20.7 Å². The zero-order chi connectivity index (χ0) is 13.4. The number of urea groups is 1. The fourth-order valence-corrected chi connectivity index (χ4v) is 1.46. The number of carbonyl (C=O) groups is 2. The number of nitrogens with one attached hydrogen (secondary N) is 3. The Hall–Kier alpha value is -1.83. The highest BCUT2D eigenvalue weighted by Gasteiger charge is 2.27. The molecule has 0 aromatic heterocycles. The summed E-state index contributed by atoms with van der Waals surface area (Å²) in [7, 11) is 3.27. The number of ether oxygens (including phenoxy) is 1. The minimum atomic E-state index is -0.343. The van der Waals surface area contributed by atoms with E-state index in [0.717, 1.165) is 0 Å². The lowest BCUT2D eigenvalue weighted by Gasteiger charge is -2.15. The molecule has 1 aliphatic heterocycles. The fourth-order valence-electron chi connectivity index (χ4n) is 1.46. The van der Waals surface area contributed by atoms with Crippen LogP contribution < -0.4 is 16.0 Å². The van der Waals surface area contributed by atoms with Crippen molar-refractivity contribution in [1.82, 2.24) is 20.9 Å². The summed E-state index contributed by atoms with van der Waals surface area (Å²) in [6, 6.07) is -0.343. The van der Waals surface area contributed by atoms with Crippen LogP contribution in [0.1, 0.15) is 0 Å². The molecule has 0 aliphatic carbocycles. The molecular formula is C10H19N5O3. The number of amides is 3. The number of nitrogens with zero attached hydrogens (tertiary/aromatic N) is 2. The van der Waals surface area contributed by atoms with Crippen LogP contribution >= 0.6 is 0 Å². The van der Waals surface area contributed by atoms with E-state index < -0.39 is 0 Å². The van der Waals surface area contributed by atoms with Gasteiger partial charge in [0.1, 0.15) is 0 Å². The van der Waals surface area contributed by atoms with Crippen molar-refractivity contribution in [3.05, 3.63) is 0 Å². The van der Waals surface area contributed by atoms with Crippen molar-refractivity contribution in [3.8, 4) is 0 Å². The van der Waals surface area contributed by atoms with Gasteiger partial charge in [-0.3, -0.25) is 14.7 Å². The van der Waals surface area contributed by atoms with E-state index in [9.17, 15) is 9.59 Å². The molecule has 0 saturated carbocycles. The summed E-state index contributed by atoms with van der Waals surface area (Å²) in [5, 5.41) is 8.49. The summed E-state index contributed by atoms with van der Waals surface area (Å²) in [6.07, 6.45) is 0. The Morgan fingerprint density at radius 1 is 1.44 bits per heavy atom. The predicted octanol–water partition coefficient (Wildman–Crippen LogP) is -1.65. The van der Waals surface area contributed by atoms with Crippen LogP contribution in [0.25, 0.3) is 0 Å². The van der Waals surface area contributed by atoms with Gasteiger partial charge in [-0.2, -0.15) is 0 Å². The van der Waals surface area contributed by atoms with E-state index in [1.807, 2.05) is 0 Å². The third kappa shape index (κ3) is 4.21. The van der Waals surface area contributed by atoms with Crippen molar-refractivity contribution < 1.29 is 14.3 Å². The molecule has 8 nitrogen and oxygen atoms in total. The number of aliphatic imine (C=N–C) groups is 1. The number of hydrogen-bond acceptors (Lipinski definition) is 4. The summed E-state index contributed by atoms with van der Waals surface area (Å²) < 4.78 is 4.90. The molecular weight excluding hydrogens is 238 g/mol. The normalized spacial score (nSPS) is 15.9. The first-order valence-electron chi connectivity index (χ1n) is 5.70. The molecule has 8 heteroatoms. The molecule has 3 N–H and O–H groups in total. The summed E-state index contributed by atoms with van der Waals surface area (Å²) in [6.45, 7) is 2.06. The Labute approximate surface area is 106 Å². The van der Waals surface area contributed by atoms with Gasteiger partial charge in [-0.1, -0.05) is 0 Å². The first-order chi connectivity index (χ1) is 8.69. The Balaban J connectivity index is 2.23. The Kier molecular flexibility index (Phi) is 5.92. The van der Waals surface area contributed by atoms with Crippen molar-refractivity contribution in [1.29, 1.82) is 0 Å². The largest absolute Gasteiger partial charge is 0.383 e. The monoisotopic (exact) mass is 257 g/mol. The molecule has 0 aromatic carbocycles. The van der Waals surface area contributed by atoms with E-state index in [1.54, 1.807) is 14.2 Å². The smallest absolute Gasteiger partial charge is 0.324 e. The second-order valence-electron chi connectivity index (χ2n) is 3.62. The van der Waals surface area contributed by atoms with Crippen LogP contribution in [0.4, 0.5) is 4.79 Å². The molecule has 0 aromatic rings. The summed E-state index contributed by atoms with van der Waals surface area (Å²) >= 11 is 0. The third-order valence-electron chi connectivity index (χ3n) is 2.39. The maximum atomic E-state index is 11.3. The number of imide groups is 1. The maximum absolute atomic E-state index is 11.3. The molecule has 18 heavy (non-hydrogen) atoms. The van der Waals surface area contributed by atoms with E-state index in [0.29, 0.717) is 32.2 Å². The minimum Gasteiger partial charge on any atom is -0.383 e. The number of hydrogen-bond donors (Lipinski definition) is 3. The lowest BCUT2D eigenvalue weighted by atomic mass is 10.5. The molecule has 0 bridgehead atoms. The first-order valence-corrected chi connectivity index (χ1v) is 5.70. The summed E-state index contributed by atoms with van der Waals surface area (Å²) in [5.74, 6) is 0.406. The molecule has 0 spiro atoms. The Bertz CT molecular complexity index is 315. The molecule has 1 saturated heterocycles. The second kappa shape index (κ2) is 7.49. The molecule has 0 atom stereocenters. The zero-order valence-corrected chi connectivity index (χ0v) is 10.7. The van der Waals surface area contributed by atoms with Gasteiger partial charge in [-0.15, -0.1) is 0 Å². The van der Waals surface area contributed by atoms with E-state index in [-0.39, 0.29) is 18.5 Å². The lowest BCUT2D eigenvalue weighted by Crippen LogP contribution is -2.43. The summed E-state index contributed by atoms with van der Waals surface area (Å²) in [4.78, 5) is 27.7. The van der Waals surface area contributed by atoms with Crippen LogP contribution in [0.15, 0.2) is 4.99 Å². The van der Waals surface area contributed by atoms with E-state index >= 15 is 0 Å². The highest BCUT2D eigenvalue weighted by molar-refractivity contribution is 6.01. The second-order valence-corrected chi connectivity index (χ2v) is 3.62. The molecule has 1 heterocycles. The lowest BCUT2D eigenvalue weighted by molar-refractivity contribution is -0.124. The van der Waals surface area contributed by atoms with Gasteiger partial charge in [0.25, 0.3) is 0 Å². The first kappa shape index (κ1) is 14.2. The number of methoxy groups -OCH3 is 1. The van der Waals surface area contributed by atoms with Crippen molar-refractivity contribution in [3.63, 3.8) is 0 Å². The SMILES string of the molecule is CN=C(NCCOC)NCCN1C(=O)CNC1=O. The van der Waals surface area contributed by atoms with E-state index in [4.69, 9.17) is 4.74 Å². The van der Waals surface area contributed by atoms with Crippen molar-refractivity contribution >= 4 is 17.9 Å². The van der Waals surface area contributed by atoms with Crippen LogP contribution in [-0.4, -0.2) is 69.7 Å². The van der Waals surface area contributed by atoms with Gasteiger partial charge in [0.2, 0.25) is 5.91 Å². The van der Waals surface area contributed by atoms with Crippen LogP contribution in [0.2, 0.25) is 0 Å². The van der Waals surface area contributed by atoms with Crippen LogP contribution in [0.5, 0.6) is 0 Å². The number of rotatable bonds is 6. The van der Waals surface area contributed by atoms with Crippen LogP contribution in [0.3, 0.4) is 0 Å². The van der Waals surface area contributed by atoms with E-state index in [2.05, 4.69) is 20.9 Å². The molecule has 102 valence electrons. The molecule has 1 fully saturated rings. The summed E-state index contributed by atoms with van der Waals surface area (Å²) in [5.41, 5.74) is 0. The van der Waals surface area contributed by atoms with Crippen molar-refractivity contribution in [2.75, 3.05) is 46.9 Å². The van der Waals surface area contributed by atoms with Crippen LogP contribution in [-0.2, 0) is 9.53 Å². The topological polar surface area (TPSA) is 95.1 Å². The van der Waals surface area contributed by atoms with Gasteiger partial charge >= 0.3 is 6.03 Å². The number of guanidine groups is 1. The average molecular weight is 257 g/mol. The van der Waals surface area contributed by atoms with E-state index in [1.165, 1.54) is 4.90 Å². The van der Waals surface area contributed by atoms with Crippen molar-refractivity contribution in [2.45, 2.75) is 0 Å². The molecule has 0 radical (unpaired) electrons. The number of carbonyl (C=O) groups excluding carboxylic acids is 2. The molecule has 1 aliphatic rings.